The molecule has 7 nitrogen and oxygen atoms in total. The second kappa shape index (κ2) is 9.25. The van der Waals surface area contributed by atoms with Crippen molar-refractivity contribution in [2.24, 2.45) is 0 Å². The Morgan fingerprint density at radius 3 is 2.33 bits per heavy atom. The molecule has 0 radical (unpaired) electrons. The molecule has 0 bridgehead atoms. The molecule has 9 heteroatoms. The summed E-state index contributed by atoms with van der Waals surface area (Å²) in [7, 11) is -4.00. The smallest absolute Gasteiger partial charge is 0.261 e. The SMILES string of the molecule is CC(NC(=O)c1ccc(S(=O)(=O)Nc2ccccc2F)cc1)c1ccc(-n2ccnc2)cc1. The van der Waals surface area contributed by atoms with Crippen LogP contribution in [0.5, 0.6) is 0 Å². The molecule has 0 aliphatic rings. The predicted octanol–water partition coefficient (Wildman–Crippen LogP) is 4.30. The standard InChI is InChI=1S/C24H21FN4O3S/c1-17(18-6-10-20(11-7-18)29-15-14-26-16-29)27-24(30)19-8-12-21(13-9-19)33(31,32)28-23-5-3-2-4-22(23)25/h2-17,28H,1H3,(H,27,30). The second-order valence-corrected chi connectivity index (χ2v) is 9.05. The molecule has 0 aliphatic carbocycles. The number of anilines is 1. The van der Waals surface area contributed by atoms with Crippen LogP contribution in [0.25, 0.3) is 5.69 Å². The van der Waals surface area contributed by atoms with Crippen LogP contribution in [0.3, 0.4) is 0 Å². The highest BCUT2D eigenvalue weighted by molar-refractivity contribution is 7.92. The average Bonchev–Trinajstić information content (AvgIpc) is 3.36. The van der Waals surface area contributed by atoms with Crippen LogP contribution in [0, 0.1) is 5.82 Å². The number of imidazole rings is 1. The number of hydrogen-bond donors (Lipinski definition) is 2. The van der Waals surface area contributed by atoms with Gasteiger partial charge in [0, 0.05) is 23.6 Å². The van der Waals surface area contributed by atoms with Gasteiger partial charge in [0.1, 0.15) is 5.82 Å². The van der Waals surface area contributed by atoms with E-state index in [9.17, 15) is 17.6 Å². The lowest BCUT2D eigenvalue weighted by molar-refractivity contribution is 0.0940. The largest absolute Gasteiger partial charge is 0.346 e. The molecular formula is C24H21FN4O3S. The van der Waals surface area contributed by atoms with Crippen LogP contribution in [-0.2, 0) is 10.0 Å². The highest BCUT2D eigenvalue weighted by Crippen LogP contribution is 2.20. The number of nitrogens with zero attached hydrogens (tertiary/aromatic N) is 2. The number of halogens is 1. The third kappa shape index (κ3) is 5.09. The molecular weight excluding hydrogens is 443 g/mol. The molecule has 1 atom stereocenters. The van der Waals surface area contributed by atoms with Crippen molar-refractivity contribution in [2.45, 2.75) is 17.9 Å². The number of carbonyl (C=O) groups is 1. The summed E-state index contributed by atoms with van der Waals surface area (Å²) in [6, 6.07) is 18.4. The van der Waals surface area contributed by atoms with Crippen molar-refractivity contribution in [3.8, 4) is 5.69 Å². The van der Waals surface area contributed by atoms with E-state index >= 15 is 0 Å². The van der Waals surface area contributed by atoms with E-state index in [1.165, 1.54) is 42.5 Å². The van der Waals surface area contributed by atoms with E-state index in [1.54, 1.807) is 12.5 Å². The Labute approximate surface area is 191 Å². The Hall–Kier alpha value is -3.98. The Morgan fingerprint density at radius 1 is 1.00 bits per heavy atom. The zero-order chi connectivity index (χ0) is 23.4. The third-order valence-corrected chi connectivity index (χ3v) is 6.47. The molecule has 1 amide bonds. The fraction of sp³-hybridized carbons (Fsp3) is 0.0833. The number of hydrogen-bond acceptors (Lipinski definition) is 4. The summed E-state index contributed by atoms with van der Waals surface area (Å²) in [5, 5.41) is 2.90. The Kier molecular flexibility index (Phi) is 6.23. The zero-order valence-electron chi connectivity index (χ0n) is 17.6. The number of rotatable bonds is 7. The van der Waals surface area contributed by atoms with Gasteiger partial charge in [-0.1, -0.05) is 24.3 Å². The molecule has 0 saturated carbocycles. The Bertz CT molecular complexity index is 1350. The number of aromatic nitrogens is 2. The summed E-state index contributed by atoms with van der Waals surface area (Å²) in [5.74, 6) is -1.02. The van der Waals surface area contributed by atoms with Crippen LogP contribution < -0.4 is 10.0 Å². The molecule has 168 valence electrons. The van der Waals surface area contributed by atoms with Gasteiger partial charge in [-0.3, -0.25) is 9.52 Å². The van der Waals surface area contributed by atoms with E-state index in [1.807, 2.05) is 42.0 Å². The molecule has 1 aromatic heterocycles. The maximum Gasteiger partial charge on any atom is 0.261 e. The van der Waals surface area contributed by atoms with Crippen molar-refractivity contribution in [3.05, 3.63) is 108 Å². The van der Waals surface area contributed by atoms with Crippen LogP contribution in [0.4, 0.5) is 10.1 Å². The first-order valence-corrected chi connectivity index (χ1v) is 11.6. The van der Waals surface area contributed by atoms with Gasteiger partial charge in [0.25, 0.3) is 15.9 Å². The lowest BCUT2D eigenvalue weighted by Gasteiger charge is -2.15. The van der Waals surface area contributed by atoms with Crippen LogP contribution in [0.1, 0.15) is 28.9 Å². The van der Waals surface area contributed by atoms with Gasteiger partial charge in [-0.15, -0.1) is 0 Å². The third-order valence-electron chi connectivity index (χ3n) is 5.09. The number of sulfonamides is 1. The second-order valence-electron chi connectivity index (χ2n) is 7.37. The maximum absolute atomic E-state index is 13.8. The minimum Gasteiger partial charge on any atom is -0.346 e. The quantitative estimate of drug-likeness (QED) is 0.426. The highest BCUT2D eigenvalue weighted by Gasteiger charge is 2.18. The van der Waals surface area contributed by atoms with E-state index in [-0.39, 0.29) is 22.5 Å². The van der Waals surface area contributed by atoms with Crippen molar-refractivity contribution in [1.29, 1.82) is 0 Å². The molecule has 0 aliphatic heterocycles. The molecule has 0 fully saturated rings. The molecule has 4 aromatic rings. The van der Waals surface area contributed by atoms with E-state index in [0.29, 0.717) is 5.56 Å². The van der Waals surface area contributed by atoms with Gasteiger partial charge in [0.2, 0.25) is 0 Å². The van der Waals surface area contributed by atoms with Gasteiger partial charge in [0.15, 0.2) is 0 Å². The van der Waals surface area contributed by atoms with Crippen LogP contribution >= 0.6 is 0 Å². The van der Waals surface area contributed by atoms with Gasteiger partial charge in [-0.05, 0) is 61.0 Å². The average molecular weight is 465 g/mol. The summed E-state index contributed by atoms with van der Waals surface area (Å²) in [6.45, 7) is 1.86. The van der Waals surface area contributed by atoms with Gasteiger partial charge in [-0.25, -0.2) is 17.8 Å². The van der Waals surface area contributed by atoms with Gasteiger partial charge in [0.05, 0.1) is 23.0 Å². The Balaban J connectivity index is 1.42. The van der Waals surface area contributed by atoms with E-state index < -0.39 is 15.8 Å². The summed E-state index contributed by atoms with van der Waals surface area (Å²) in [4.78, 5) is 16.6. The highest BCUT2D eigenvalue weighted by atomic mass is 32.2. The lowest BCUT2D eigenvalue weighted by Crippen LogP contribution is -2.26. The van der Waals surface area contributed by atoms with Crippen molar-refractivity contribution in [2.75, 3.05) is 4.72 Å². The first-order valence-electron chi connectivity index (χ1n) is 10.1. The minimum absolute atomic E-state index is 0.0783. The predicted molar refractivity (Wildman–Crippen MR) is 123 cm³/mol. The fourth-order valence-corrected chi connectivity index (χ4v) is 4.31. The van der Waals surface area contributed by atoms with Crippen molar-refractivity contribution in [1.82, 2.24) is 14.9 Å². The van der Waals surface area contributed by atoms with Gasteiger partial charge >= 0.3 is 0 Å². The summed E-state index contributed by atoms with van der Waals surface area (Å²) in [6.07, 6.45) is 5.25. The summed E-state index contributed by atoms with van der Waals surface area (Å²) in [5.41, 5.74) is 2.03. The number of para-hydroxylation sites is 1. The minimum atomic E-state index is -4.00. The normalized spacial score (nSPS) is 12.2. The topological polar surface area (TPSA) is 93.1 Å². The maximum atomic E-state index is 13.8. The molecule has 2 N–H and O–H groups in total. The number of benzene rings is 3. The fourth-order valence-electron chi connectivity index (χ4n) is 3.24. The summed E-state index contributed by atoms with van der Waals surface area (Å²) >= 11 is 0. The number of amides is 1. The van der Waals surface area contributed by atoms with Crippen molar-refractivity contribution >= 4 is 21.6 Å². The van der Waals surface area contributed by atoms with Crippen LogP contribution in [0.2, 0.25) is 0 Å². The lowest BCUT2D eigenvalue weighted by atomic mass is 10.1. The first-order chi connectivity index (χ1) is 15.8. The number of carbonyl (C=O) groups excluding carboxylic acids is 1. The molecule has 0 spiro atoms. The number of nitrogens with one attached hydrogen (secondary N) is 2. The molecule has 4 rings (SSSR count). The van der Waals surface area contributed by atoms with E-state index in [4.69, 9.17) is 0 Å². The zero-order valence-corrected chi connectivity index (χ0v) is 18.5. The molecule has 33 heavy (non-hydrogen) atoms. The first kappa shape index (κ1) is 22.2. The monoisotopic (exact) mass is 464 g/mol. The molecule has 0 saturated heterocycles. The van der Waals surface area contributed by atoms with E-state index in [2.05, 4.69) is 15.0 Å². The Morgan fingerprint density at radius 2 is 1.70 bits per heavy atom. The van der Waals surface area contributed by atoms with E-state index in [0.717, 1.165) is 17.3 Å². The van der Waals surface area contributed by atoms with Crippen LogP contribution in [0.15, 0.2) is 96.4 Å². The van der Waals surface area contributed by atoms with Gasteiger partial charge < -0.3 is 9.88 Å². The molecule has 1 unspecified atom stereocenters. The molecule has 3 aromatic carbocycles. The van der Waals surface area contributed by atoms with Crippen LogP contribution in [-0.4, -0.2) is 23.9 Å². The van der Waals surface area contributed by atoms with Crippen molar-refractivity contribution in [3.63, 3.8) is 0 Å². The van der Waals surface area contributed by atoms with Crippen molar-refractivity contribution < 1.29 is 17.6 Å². The molecule has 1 heterocycles. The summed E-state index contributed by atoms with van der Waals surface area (Å²) < 4.78 is 42.9. The van der Waals surface area contributed by atoms with Gasteiger partial charge in [-0.2, -0.15) is 0 Å².